The zero-order valence-corrected chi connectivity index (χ0v) is 14.1. The fourth-order valence-electron chi connectivity index (χ4n) is 1.68. The molecule has 1 aromatic carbocycles. The van der Waals surface area contributed by atoms with Gasteiger partial charge in [-0.05, 0) is 49.9 Å². The molecule has 0 saturated heterocycles. The number of carbonyl (C=O) groups is 1. The van der Waals surface area contributed by atoms with Gasteiger partial charge in [0.25, 0.3) is 5.56 Å². The Kier molecular flexibility index (Phi) is 6.28. The lowest BCUT2D eigenvalue weighted by atomic mass is 10.1. The molecule has 120 valence electrons. The normalized spacial score (nSPS) is 10.3. The first kappa shape index (κ1) is 17.9. The van der Waals surface area contributed by atoms with E-state index in [9.17, 15) is 9.59 Å². The van der Waals surface area contributed by atoms with Crippen molar-refractivity contribution in [3.8, 4) is 0 Å². The molecule has 0 atom stereocenters. The van der Waals surface area contributed by atoms with Crippen LogP contribution in [-0.2, 0) is 4.74 Å². The average molecular weight is 304 g/mol. The quantitative estimate of drug-likeness (QED) is 0.863. The molecule has 0 aliphatic heterocycles. The molecule has 1 aromatic heterocycles. The van der Waals surface area contributed by atoms with E-state index in [1.807, 2.05) is 26.0 Å². The summed E-state index contributed by atoms with van der Waals surface area (Å²) in [7, 11) is 0. The second-order valence-corrected chi connectivity index (χ2v) is 5.82. The van der Waals surface area contributed by atoms with Crippen molar-refractivity contribution >= 4 is 17.0 Å². The number of aromatic nitrogens is 2. The molecule has 0 bridgehead atoms. The number of hydrogen-bond donors (Lipinski definition) is 1. The zero-order valence-electron chi connectivity index (χ0n) is 14.1. The van der Waals surface area contributed by atoms with Crippen molar-refractivity contribution < 1.29 is 9.53 Å². The molecule has 2 aromatic rings. The van der Waals surface area contributed by atoms with Crippen LogP contribution < -0.4 is 5.56 Å². The Morgan fingerprint density at radius 1 is 1.23 bits per heavy atom. The third-order valence-electron chi connectivity index (χ3n) is 2.78. The molecule has 0 amide bonds. The lowest BCUT2D eigenvalue weighted by Gasteiger charge is -2.05. The van der Waals surface area contributed by atoms with E-state index in [4.69, 9.17) is 4.74 Å². The largest absolute Gasteiger partial charge is 0.461 e. The minimum Gasteiger partial charge on any atom is -0.461 e. The number of ether oxygens (including phenoxy) is 1. The third-order valence-corrected chi connectivity index (χ3v) is 2.78. The van der Waals surface area contributed by atoms with Gasteiger partial charge in [0.05, 0.1) is 17.6 Å². The third kappa shape index (κ3) is 4.69. The second-order valence-electron chi connectivity index (χ2n) is 5.82. The zero-order chi connectivity index (χ0) is 16.9. The van der Waals surface area contributed by atoms with E-state index in [0.717, 1.165) is 17.0 Å². The lowest BCUT2D eigenvalue weighted by molar-refractivity contribution is 0.0517. The van der Waals surface area contributed by atoms with Crippen molar-refractivity contribution in [3.63, 3.8) is 0 Å². The number of fused-ring (bicyclic) bond motifs is 1. The van der Waals surface area contributed by atoms with Crippen LogP contribution in [-0.4, -0.2) is 22.5 Å². The number of H-pyrrole nitrogens is 1. The molecule has 0 fully saturated rings. The molecule has 5 nitrogen and oxygen atoms in total. The molecule has 0 saturated carbocycles. The minimum absolute atomic E-state index is 0.201. The molecule has 1 heterocycles. The number of rotatable bonds is 2. The Hall–Kier alpha value is -2.17. The average Bonchev–Trinajstić information content (AvgIpc) is 2.39. The Morgan fingerprint density at radius 3 is 2.32 bits per heavy atom. The highest BCUT2D eigenvalue weighted by molar-refractivity contribution is 5.89. The summed E-state index contributed by atoms with van der Waals surface area (Å²) in [5.74, 6) is 0.138. The fourth-order valence-corrected chi connectivity index (χ4v) is 1.68. The summed E-state index contributed by atoms with van der Waals surface area (Å²) >= 11 is 0. The highest BCUT2D eigenvalue weighted by Crippen LogP contribution is 2.14. The van der Waals surface area contributed by atoms with Gasteiger partial charge >= 0.3 is 5.97 Å². The van der Waals surface area contributed by atoms with Crippen LogP contribution in [0.2, 0.25) is 0 Å². The van der Waals surface area contributed by atoms with Crippen LogP contribution in [0.3, 0.4) is 0 Å². The van der Waals surface area contributed by atoms with Gasteiger partial charge in [-0.3, -0.25) is 4.79 Å². The summed E-state index contributed by atoms with van der Waals surface area (Å²) in [6, 6.07) is 3.68. The van der Waals surface area contributed by atoms with Crippen molar-refractivity contribution in [2.75, 3.05) is 6.61 Å². The molecule has 1 N–H and O–H groups in total. The predicted molar refractivity (Wildman–Crippen MR) is 88.3 cm³/mol. The van der Waals surface area contributed by atoms with Crippen molar-refractivity contribution in [3.05, 3.63) is 39.3 Å². The minimum atomic E-state index is -0.695. The van der Waals surface area contributed by atoms with Gasteiger partial charge in [-0.25, -0.2) is 9.78 Å². The van der Waals surface area contributed by atoms with Gasteiger partial charge < -0.3 is 9.72 Å². The maximum Gasteiger partial charge on any atom is 0.362 e. The van der Waals surface area contributed by atoms with Gasteiger partial charge in [0.2, 0.25) is 5.69 Å². The standard InChI is InChI=1S/C13H14N2O3.C4H10/c1-4-18-13(17)11-12(16)15-10-6-8(3)7(2)5-9(10)14-11;1-4(2)3/h5-6H,4H2,1-3H3,(H,15,16);4H,1-3H3. The summed E-state index contributed by atoms with van der Waals surface area (Å²) in [5.41, 5.74) is 2.59. The van der Waals surface area contributed by atoms with Gasteiger partial charge in [0.1, 0.15) is 0 Å². The van der Waals surface area contributed by atoms with Gasteiger partial charge in [-0.2, -0.15) is 0 Å². The van der Waals surface area contributed by atoms with Gasteiger partial charge in [-0.1, -0.05) is 20.8 Å². The summed E-state index contributed by atoms with van der Waals surface area (Å²) in [6.45, 7) is 12.3. The summed E-state index contributed by atoms with van der Waals surface area (Å²) in [6.07, 6.45) is 0. The van der Waals surface area contributed by atoms with E-state index in [1.54, 1.807) is 6.92 Å². The maximum absolute atomic E-state index is 11.7. The summed E-state index contributed by atoms with van der Waals surface area (Å²) < 4.78 is 4.79. The second kappa shape index (κ2) is 7.73. The number of nitrogens with zero attached hydrogens (tertiary/aromatic N) is 1. The summed E-state index contributed by atoms with van der Waals surface area (Å²) in [5, 5.41) is 0. The lowest BCUT2D eigenvalue weighted by Crippen LogP contribution is -2.22. The Morgan fingerprint density at radius 2 is 1.77 bits per heavy atom. The first-order valence-corrected chi connectivity index (χ1v) is 7.44. The first-order chi connectivity index (χ1) is 10.3. The van der Waals surface area contributed by atoms with E-state index in [1.165, 1.54) is 0 Å². The topological polar surface area (TPSA) is 72.0 Å². The van der Waals surface area contributed by atoms with Gasteiger partial charge in [-0.15, -0.1) is 0 Å². The molecular weight excluding hydrogens is 280 g/mol. The molecule has 0 unspecified atom stereocenters. The molecule has 0 radical (unpaired) electrons. The van der Waals surface area contributed by atoms with Crippen LogP contribution in [0.4, 0.5) is 0 Å². The van der Waals surface area contributed by atoms with Crippen LogP contribution in [0.15, 0.2) is 16.9 Å². The highest BCUT2D eigenvalue weighted by atomic mass is 16.5. The number of hydrogen-bond acceptors (Lipinski definition) is 4. The van der Waals surface area contributed by atoms with Crippen molar-refractivity contribution in [2.24, 2.45) is 5.92 Å². The van der Waals surface area contributed by atoms with E-state index >= 15 is 0 Å². The Balaban J connectivity index is 0.000000541. The molecule has 0 aliphatic carbocycles. The van der Waals surface area contributed by atoms with Crippen LogP contribution in [0, 0.1) is 19.8 Å². The van der Waals surface area contributed by atoms with E-state index < -0.39 is 11.5 Å². The fraction of sp³-hybridized carbons (Fsp3) is 0.471. The number of benzene rings is 1. The van der Waals surface area contributed by atoms with E-state index in [-0.39, 0.29) is 12.3 Å². The molecule has 22 heavy (non-hydrogen) atoms. The number of aromatic amines is 1. The van der Waals surface area contributed by atoms with E-state index in [0.29, 0.717) is 11.0 Å². The van der Waals surface area contributed by atoms with Crippen LogP contribution in [0.5, 0.6) is 0 Å². The number of nitrogens with one attached hydrogen (secondary N) is 1. The van der Waals surface area contributed by atoms with Gasteiger partial charge in [0.15, 0.2) is 0 Å². The number of esters is 1. The van der Waals surface area contributed by atoms with E-state index in [2.05, 4.69) is 30.7 Å². The summed E-state index contributed by atoms with van der Waals surface area (Å²) in [4.78, 5) is 30.0. The molecule has 0 aliphatic rings. The van der Waals surface area contributed by atoms with Crippen molar-refractivity contribution in [2.45, 2.75) is 41.5 Å². The van der Waals surface area contributed by atoms with Gasteiger partial charge in [0, 0.05) is 0 Å². The van der Waals surface area contributed by atoms with Crippen molar-refractivity contribution in [1.82, 2.24) is 9.97 Å². The predicted octanol–water partition coefficient (Wildman–Crippen LogP) is 3.38. The maximum atomic E-state index is 11.7. The van der Waals surface area contributed by atoms with Crippen LogP contribution in [0.25, 0.3) is 11.0 Å². The smallest absolute Gasteiger partial charge is 0.362 e. The first-order valence-electron chi connectivity index (χ1n) is 7.44. The monoisotopic (exact) mass is 304 g/mol. The van der Waals surface area contributed by atoms with Crippen LogP contribution in [0.1, 0.15) is 49.3 Å². The molecule has 2 rings (SSSR count). The number of carbonyl (C=O) groups excluding carboxylic acids is 1. The number of aryl methyl sites for hydroxylation is 2. The Labute approximate surface area is 130 Å². The van der Waals surface area contributed by atoms with Crippen LogP contribution >= 0.6 is 0 Å². The highest BCUT2D eigenvalue weighted by Gasteiger charge is 2.15. The SMILES string of the molecule is CC(C)C.CCOC(=O)c1nc2cc(C)c(C)cc2[nH]c1=O. The molecule has 5 heteroatoms. The van der Waals surface area contributed by atoms with Crippen molar-refractivity contribution in [1.29, 1.82) is 0 Å². The molecule has 0 spiro atoms. The Bertz CT molecular complexity index is 715. The molecular formula is C17H24N2O3.